The van der Waals surface area contributed by atoms with Gasteiger partial charge in [-0.3, -0.25) is 4.90 Å². The number of rotatable bonds is 3. The van der Waals surface area contributed by atoms with Gasteiger partial charge >= 0.3 is 0 Å². The van der Waals surface area contributed by atoms with E-state index in [0.29, 0.717) is 5.71 Å². The summed E-state index contributed by atoms with van der Waals surface area (Å²) in [6.07, 6.45) is 0. The second-order valence-corrected chi connectivity index (χ2v) is 4.35. The molecule has 5 heteroatoms. The minimum absolute atomic E-state index is 0.313. The van der Waals surface area contributed by atoms with Gasteiger partial charge in [-0.2, -0.15) is 0 Å². The van der Waals surface area contributed by atoms with Crippen molar-refractivity contribution >= 4 is 18.5 Å². The molecule has 15 heavy (non-hydrogen) atoms. The molecule has 1 aliphatic rings. The largest absolute Gasteiger partial charge is 0.314 e. The first-order valence-corrected chi connectivity index (χ1v) is 5.43. The third-order valence-corrected chi connectivity index (χ3v) is 3.04. The van der Waals surface area contributed by atoms with Gasteiger partial charge in [0.05, 0.1) is 5.54 Å². The fraction of sp³-hybridized carbons (Fsp3) is 0.700. The Morgan fingerprint density at radius 2 is 2.00 bits per heavy atom. The molecule has 1 N–H and O–H groups in total. The molecule has 0 unspecified atom stereocenters. The van der Waals surface area contributed by atoms with Crippen LogP contribution >= 0.6 is 12.8 Å². The highest BCUT2D eigenvalue weighted by atomic mass is 32.1. The maximum absolute atomic E-state index is 13.2. The van der Waals surface area contributed by atoms with Crippen LogP contribution in [-0.4, -0.2) is 42.3 Å². The van der Waals surface area contributed by atoms with Crippen molar-refractivity contribution in [2.24, 2.45) is 4.40 Å². The molecule has 1 saturated heterocycles. The lowest BCUT2D eigenvalue weighted by molar-refractivity contribution is 0.155. The lowest BCUT2D eigenvalue weighted by Crippen LogP contribution is -2.57. The molecule has 1 heterocycles. The number of hydrogen-bond acceptors (Lipinski definition) is 4. The van der Waals surface area contributed by atoms with E-state index >= 15 is 0 Å². The van der Waals surface area contributed by atoms with Gasteiger partial charge in [-0.05, 0) is 26.7 Å². The molecule has 86 valence electrons. The van der Waals surface area contributed by atoms with Crippen LogP contribution in [0.1, 0.15) is 13.8 Å². The Hall–Kier alpha value is -0.390. The number of hydrogen-bond donors (Lipinski definition) is 2. The fourth-order valence-corrected chi connectivity index (χ4v) is 2.24. The zero-order chi connectivity index (χ0) is 11.5. The summed E-state index contributed by atoms with van der Waals surface area (Å²) in [5.74, 6) is -0.506. The maximum atomic E-state index is 13.2. The van der Waals surface area contributed by atoms with Gasteiger partial charge in [-0.1, -0.05) is 6.58 Å². The Morgan fingerprint density at radius 1 is 1.47 bits per heavy atom. The molecule has 0 aromatic heterocycles. The average Bonchev–Trinajstić information content (AvgIpc) is 2.19. The van der Waals surface area contributed by atoms with E-state index in [0.717, 1.165) is 26.2 Å². The van der Waals surface area contributed by atoms with E-state index in [1.807, 2.05) is 13.8 Å². The van der Waals surface area contributed by atoms with Crippen LogP contribution in [0.2, 0.25) is 0 Å². The van der Waals surface area contributed by atoms with Crippen molar-refractivity contribution in [1.82, 2.24) is 10.2 Å². The Balaban J connectivity index is 2.83. The summed E-state index contributed by atoms with van der Waals surface area (Å²) < 4.78 is 16.9. The lowest BCUT2D eigenvalue weighted by atomic mass is 9.94. The van der Waals surface area contributed by atoms with Gasteiger partial charge in [0.2, 0.25) is 0 Å². The van der Waals surface area contributed by atoms with Crippen molar-refractivity contribution < 1.29 is 4.39 Å². The summed E-state index contributed by atoms with van der Waals surface area (Å²) in [5, 5.41) is 3.26. The van der Waals surface area contributed by atoms with E-state index in [-0.39, 0.29) is 0 Å². The van der Waals surface area contributed by atoms with Crippen LogP contribution in [0, 0.1) is 0 Å². The predicted molar refractivity (Wildman–Crippen MR) is 65.2 cm³/mol. The smallest absolute Gasteiger partial charge is 0.140 e. The fourth-order valence-electron chi connectivity index (χ4n) is 1.88. The maximum Gasteiger partial charge on any atom is 0.140 e. The van der Waals surface area contributed by atoms with Gasteiger partial charge in [0.1, 0.15) is 11.5 Å². The minimum atomic E-state index is -0.506. The number of piperazine rings is 1. The highest BCUT2D eigenvalue weighted by molar-refractivity contribution is 7.79. The van der Waals surface area contributed by atoms with Gasteiger partial charge in [-0.15, -0.1) is 0 Å². The second kappa shape index (κ2) is 5.09. The van der Waals surface area contributed by atoms with Crippen LogP contribution in [0.15, 0.2) is 16.8 Å². The van der Waals surface area contributed by atoms with Crippen LogP contribution in [-0.2, 0) is 0 Å². The van der Waals surface area contributed by atoms with Crippen LogP contribution in [0.25, 0.3) is 0 Å². The number of nitrogens with one attached hydrogen (secondary N) is 1. The Morgan fingerprint density at radius 3 is 2.40 bits per heavy atom. The normalized spacial score (nSPS) is 20.4. The van der Waals surface area contributed by atoms with Crippen LogP contribution in [0.4, 0.5) is 4.39 Å². The molecule has 0 aliphatic carbocycles. The molecule has 0 radical (unpaired) electrons. The number of halogens is 1. The molecule has 0 saturated carbocycles. The second-order valence-electron chi connectivity index (χ2n) is 4.15. The molecule has 1 rings (SSSR count). The topological polar surface area (TPSA) is 27.6 Å². The van der Waals surface area contributed by atoms with Gasteiger partial charge in [0, 0.05) is 26.2 Å². The molecule has 0 aromatic rings. The molecule has 1 aliphatic heterocycles. The molecular formula is C10H18FN3S. The zero-order valence-corrected chi connectivity index (χ0v) is 10.1. The Labute approximate surface area is 96.0 Å². The highest BCUT2D eigenvalue weighted by Crippen LogP contribution is 2.22. The lowest BCUT2D eigenvalue weighted by Gasteiger charge is -2.41. The first-order chi connectivity index (χ1) is 7.00. The average molecular weight is 231 g/mol. The van der Waals surface area contributed by atoms with Crippen LogP contribution < -0.4 is 5.32 Å². The summed E-state index contributed by atoms with van der Waals surface area (Å²) in [6.45, 7) is 10.8. The van der Waals surface area contributed by atoms with E-state index in [2.05, 4.69) is 34.0 Å². The molecule has 0 aromatic carbocycles. The van der Waals surface area contributed by atoms with E-state index in [1.54, 1.807) is 0 Å². The van der Waals surface area contributed by atoms with Crippen molar-refractivity contribution in [2.75, 3.05) is 26.2 Å². The van der Waals surface area contributed by atoms with Crippen LogP contribution in [0.5, 0.6) is 0 Å². The van der Waals surface area contributed by atoms with Gasteiger partial charge in [-0.25, -0.2) is 8.79 Å². The summed E-state index contributed by atoms with van der Waals surface area (Å²) in [4.78, 5) is 2.18. The SMILES string of the molecule is C=C(F)C(=NS)C(C)(C)N1CCNCC1. The third kappa shape index (κ3) is 2.80. The molecule has 1 fully saturated rings. The predicted octanol–water partition coefficient (Wildman–Crippen LogP) is 1.44. The van der Waals surface area contributed by atoms with Crippen molar-refractivity contribution in [3.63, 3.8) is 0 Å². The van der Waals surface area contributed by atoms with E-state index in [9.17, 15) is 4.39 Å². The van der Waals surface area contributed by atoms with Gasteiger partial charge < -0.3 is 5.32 Å². The van der Waals surface area contributed by atoms with Crippen molar-refractivity contribution in [3.05, 3.63) is 12.4 Å². The van der Waals surface area contributed by atoms with Gasteiger partial charge in [0.25, 0.3) is 0 Å². The number of nitrogens with zero attached hydrogens (tertiary/aromatic N) is 2. The standard InChI is InChI=1S/C10H18FN3S/c1-8(11)9(13-15)10(2,3)14-6-4-12-5-7-14/h12,15H,1,4-7H2,2-3H3. The first kappa shape index (κ1) is 12.7. The molecule has 0 atom stereocenters. The van der Waals surface area contributed by atoms with E-state index < -0.39 is 11.4 Å². The zero-order valence-electron chi connectivity index (χ0n) is 9.26. The Kier molecular flexibility index (Phi) is 4.31. The monoisotopic (exact) mass is 231 g/mol. The van der Waals surface area contributed by atoms with Crippen molar-refractivity contribution in [1.29, 1.82) is 0 Å². The van der Waals surface area contributed by atoms with E-state index in [1.165, 1.54) is 0 Å². The molecular weight excluding hydrogens is 213 g/mol. The molecule has 0 amide bonds. The third-order valence-electron chi connectivity index (χ3n) is 2.84. The minimum Gasteiger partial charge on any atom is -0.314 e. The van der Waals surface area contributed by atoms with E-state index in [4.69, 9.17) is 0 Å². The van der Waals surface area contributed by atoms with Crippen LogP contribution in [0.3, 0.4) is 0 Å². The molecule has 3 nitrogen and oxygen atoms in total. The number of thiol groups is 1. The summed E-state index contributed by atoms with van der Waals surface area (Å²) >= 11 is 3.81. The first-order valence-electron chi connectivity index (χ1n) is 5.03. The summed E-state index contributed by atoms with van der Waals surface area (Å²) in [5.41, 5.74) is -0.136. The summed E-state index contributed by atoms with van der Waals surface area (Å²) in [6, 6.07) is 0. The molecule has 0 bridgehead atoms. The Bertz CT molecular complexity index is 270. The van der Waals surface area contributed by atoms with Crippen molar-refractivity contribution in [3.8, 4) is 0 Å². The van der Waals surface area contributed by atoms with Crippen molar-refractivity contribution in [2.45, 2.75) is 19.4 Å². The highest BCUT2D eigenvalue weighted by Gasteiger charge is 2.34. The molecule has 0 spiro atoms. The quantitative estimate of drug-likeness (QED) is 0.568. The summed E-state index contributed by atoms with van der Waals surface area (Å²) in [7, 11) is 0. The van der Waals surface area contributed by atoms with Gasteiger partial charge in [0.15, 0.2) is 0 Å².